The van der Waals surface area contributed by atoms with Gasteiger partial charge in [-0.3, -0.25) is 19.0 Å². The fourth-order valence-corrected chi connectivity index (χ4v) is 5.06. The van der Waals surface area contributed by atoms with Crippen LogP contribution in [0, 0.1) is 11.7 Å². The van der Waals surface area contributed by atoms with E-state index in [2.05, 4.69) is 20.6 Å². The minimum atomic E-state index is -0.381. The number of fused-ring (bicyclic) bond motifs is 2. The number of benzene rings is 2. The number of amides is 2. The Labute approximate surface area is 212 Å². The van der Waals surface area contributed by atoms with Gasteiger partial charge in [-0.15, -0.1) is 0 Å². The topological polar surface area (TPSA) is 114 Å². The lowest BCUT2D eigenvalue weighted by atomic mass is 9.95. The lowest BCUT2D eigenvalue weighted by Gasteiger charge is -2.31. The van der Waals surface area contributed by atoms with E-state index < -0.39 is 0 Å². The minimum Gasteiger partial charge on any atom is -0.359 e. The zero-order valence-corrected chi connectivity index (χ0v) is 20.7. The molecule has 1 aliphatic rings. The normalized spacial score (nSPS) is 14.3. The van der Waals surface area contributed by atoms with Crippen molar-refractivity contribution in [2.75, 3.05) is 31.6 Å². The summed E-state index contributed by atoms with van der Waals surface area (Å²) >= 11 is 0. The smallest absolute Gasteiger partial charge is 0.242 e. The van der Waals surface area contributed by atoms with Crippen LogP contribution in [0.2, 0.25) is 0 Å². The second-order valence-corrected chi connectivity index (χ2v) is 9.19. The first kappa shape index (κ1) is 24.4. The van der Waals surface area contributed by atoms with Crippen molar-refractivity contribution >= 4 is 45.7 Å². The second-order valence-electron chi connectivity index (χ2n) is 9.19. The third-order valence-corrected chi connectivity index (χ3v) is 6.97. The number of halogens is 1. The highest BCUT2D eigenvalue weighted by molar-refractivity contribution is 6.04. The molecular weight excluding hydrogens is 477 g/mol. The van der Waals surface area contributed by atoms with Gasteiger partial charge in [-0.1, -0.05) is 12.1 Å². The molecule has 5 rings (SSSR count). The predicted molar refractivity (Wildman–Crippen MR) is 137 cm³/mol. The maximum atomic E-state index is 15.4. The van der Waals surface area contributed by atoms with Crippen LogP contribution in [0.1, 0.15) is 12.8 Å². The molecule has 0 spiro atoms. The van der Waals surface area contributed by atoms with Gasteiger partial charge in [-0.05, 0) is 36.6 Å². The van der Waals surface area contributed by atoms with E-state index >= 15 is 4.39 Å². The predicted octanol–water partition coefficient (Wildman–Crippen LogP) is 2.01. The van der Waals surface area contributed by atoms with Gasteiger partial charge < -0.3 is 20.3 Å². The SMILES string of the molecule is CNC(=O)C1CCN(c2nn(CC(=O)NCC=O)c3cccc(-c4cc5c(cnn5C)cc4F)c23)CC1. The monoisotopic (exact) mass is 505 g/mol. The molecule has 1 aliphatic heterocycles. The molecular formula is C26H28FN7O3. The van der Waals surface area contributed by atoms with Crippen LogP contribution in [0.25, 0.3) is 32.9 Å². The number of carbonyl (C=O) groups excluding carboxylic acids is 3. The van der Waals surface area contributed by atoms with Crippen molar-refractivity contribution in [2.45, 2.75) is 19.4 Å². The van der Waals surface area contributed by atoms with Crippen LogP contribution in [0.3, 0.4) is 0 Å². The molecule has 0 bridgehead atoms. The Morgan fingerprint density at radius 3 is 2.68 bits per heavy atom. The fraction of sp³-hybridized carbons (Fsp3) is 0.346. The number of nitrogens with zero attached hydrogens (tertiary/aromatic N) is 5. The number of anilines is 1. The molecule has 2 aromatic carbocycles. The molecule has 4 aromatic rings. The number of piperidine rings is 1. The first-order valence-corrected chi connectivity index (χ1v) is 12.2. The average Bonchev–Trinajstić information content (AvgIpc) is 3.46. The first-order chi connectivity index (χ1) is 17.9. The van der Waals surface area contributed by atoms with Gasteiger partial charge in [-0.25, -0.2) is 4.39 Å². The van der Waals surface area contributed by atoms with Crippen LogP contribution in [-0.2, 0) is 28.0 Å². The largest absolute Gasteiger partial charge is 0.359 e. The molecule has 37 heavy (non-hydrogen) atoms. The number of carbonyl (C=O) groups is 3. The van der Waals surface area contributed by atoms with Crippen molar-refractivity contribution < 1.29 is 18.8 Å². The van der Waals surface area contributed by atoms with Crippen LogP contribution < -0.4 is 15.5 Å². The zero-order valence-electron chi connectivity index (χ0n) is 20.7. The van der Waals surface area contributed by atoms with Crippen molar-refractivity contribution in [3.8, 4) is 11.1 Å². The molecule has 2 amide bonds. The van der Waals surface area contributed by atoms with Crippen molar-refractivity contribution in [1.82, 2.24) is 30.2 Å². The lowest BCUT2D eigenvalue weighted by molar-refractivity contribution is -0.125. The Bertz CT molecular complexity index is 1500. The van der Waals surface area contributed by atoms with E-state index in [4.69, 9.17) is 5.10 Å². The Balaban J connectivity index is 1.63. The van der Waals surface area contributed by atoms with Gasteiger partial charge in [0, 0.05) is 44.1 Å². The number of nitrogens with one attached hydrogen (secondary N) is 2. The summed E-state index contributed by atoms with van der Waals surface area (Å²) in [6, 6.07) is 8.76. The summed E-state index contributed by atoms with van der Waals surface area (Å²) in [5.41, 5.74) is 2.53. The van der Waals surface area contributed by atoms with E-state index in [0.29, 0.717) is 60.1 Å². The summed E-state index contributed by atoms with van der Waals surface area (Å²) in [5.74, 6) is -0.154. The molecule has 0 unspecified atom stereocenters. The number of aryl methyl sites for hydroxylation is 1. The summed E-state index contributed by atoms with van der Waals surface area (Å²) in [4.78, 5) is 37.4. The molecule has 0 radical (unpaired) electrons. The molecule has 1 fully saturated rings. The quantitative estimate of drug-likeness (QED) is 0.372. The summed E-state index contributed by atoms with van der Waals surface area (Å²) in [5, 5.41) is 15.7. The first-order valence-electron chi connectivity index (χ1n) is 12.2. The molecule has 0 aliphatic carbocycles. The van der Waals surface area contributed by atoms with Crippen LogP contribution in [0.5, 0.6) is 0 Å². The number of rotatable bonds is 7. The van der Waals surface area contributed by atoms with Crippen molar-refractivity contribution in [3.63, 3.8) is 0 Å². The zero-order chi connectivity index (χ0) is 26.1. The molecule has 2 aromatic heterocycles. The van der Waals surface area contributed by atoms with E-state index in [0.717, 1.165) is 10.9 Å². The van der Waals surface area contributed by atoms with Crippen LogP contribution in [-0.4, -0.2) is 64.3 Å². The number of hydrogen-bond acceptors (Lipinski definition) is 6. The number of aldehydes is 1. The molecule has 11 heteroatoms. The number of aromatic nitrogens is 4. The summed E-state index contributed by atoms with van der Waals surface area (Å²) in [6.07, 6.45) is 3.56. The Morgan fingerprint density at radius 2 is 1.95 bits per heavy atom. The average molecular weight is 506 g/mol. The van der Waals surface area contributed by atoms with Gasteiger partial charge in [0.25, 0.3) is 0 Å². The maximum Gasteiger partial charge on any atom is 0.242 e. The second kappa shape index (κ2) is 10.00. The van der Waals surface area contributed by atoms with Crippen LogP contribution in [0.4, 0.5) is 10.2 Å². The van der Waals surface area contributed by atoms with E-state index in [1.54, 1.807) is 28.7 Å². The standard InChI is InChI=1S/C26H28FN7O3/c1-28-26(37)16-6-9-33(10-7-16)25-24-18(19-13-22-17(12-20(19)27)14-30-32(22)2)4-3-5-21(24)34(31-25)15-23(36)29-8-11-35/h3-5,11-14,16H,6-10,15H2,1-2H3,(H,28,37)(H,29,36). The third-order valence-electron chi connectivity index (χ3n) is 6.97. The summed E-state index contributed by atoms with van der Waals surface area (Å²) < 4.78 is 18.7. The van der Waals surface area contributed by atoms with Crippen molar-refractivity contribution in [2.24, 2.45) is 13.0 Å². The van der Waals surface area contributed by atoms with Crippen molar-refractivity contribution in [3.05, 3.63) is 42.3 Å². The fourth-order valence-electron chi connectivity index (χ4n) is 5.06. The lowest BCUT2D eigenvalue weighted by Crippen LogP contribution is -2.40. The van der Waals surface area contributed by atoms with E-state index in [1.807, 2.05) is 25.2 Å². The summed E-state index contributed by atoms with van der Waals surface area (Å²) in [7, 11) is 3.45. The molecule has 1 saturated heterocycles. The van der Waals surface area contributed by atoms with Gasteiger partial charge >= 0.3 is 0 Å². The van der Waals surface area contributed by atoms with Gasteiger partial charge in [0.2, 0.25) is 11.8 Å². The molecule has 192 valence electrons. The van der Waals surface area contributed by atoms with Crippen LogP contribution >= 0.6 is 0 Å². The summed E-state index contributed by atoms with van der Waals surface area (Å²) in [6.45, 7) is 1.02. The third kappa shape index (κ3) is 4.52. The van der Waals surface area contributed by atoms with Crippen LogP contribution in [0.15, 0.2) is 36.5 Å². The van der Waals surface area contributed by atoms with Gasteiger partial charge in [0.05, 0.1) is 29.2 Å². The minimum absolute atomic E-state index is 0.0223. The number of hydrogen-bond donors (Lipinski definition) is 2. The van der Waals surface area contributed by atoms with Gasteiger partial charge in [-0.2, -0.15) is 10.2 Å². The highest BCUT2D eigenvalue weighted by atomic mass is 19.1. The molecule has 0 saturated carbocycles. The van der Waals surface area contributed by atoms with Crippen molar-refractivity contribution in [1.29, 1.82) is 0 Å². The highest BCUT2D eigenvalue weighted by Gasteiger charge is 2.28. The van der Waals surface area contributed by atoms with E-state index in [-0.39, 0.29) is 36.6 Å². The Kier molecular flexibility index (Phi) is 6.60. The molecule has 10 nitrogen and oxygen atoms in total. The maximum absolute atomic E-state index is 15.4. The highest BCUT2D eigenvalue weighted by Crippen LogP contribution is 2.39. The molecule has 2 N–H and O–H groups in total. The Morgan fingerprint density at radius 1 is 1.16 bits per heavy atom. The Hall–Kier alpha value is -4.28. The van der Waals surface area contributed by atoms with Gasteiger partial charge in [0.15, 0.2) is 5.82 Å². The van der Waals surface area contributed by atoms with Gasteiger partial charge in [0.1, 0.15) is 18.6 Å². The molecule has 3 heterocycles. The van der Waals surface area contributed by atoms with E-state index in [1.165, 1.54) is 6.07 Å². The van der Waals surface area contributed by atoms with E-state index in [9.17, 15) is 14.4 Å². The molecule has 0 atom stereocenters.